The van der Waals surface area contributed by atoms with Crippen LogP contribution in [0.2, 0.25) is 10.0 Å². The second-order valence-corrected chi connectivity index (χ2v) is 5.60. The molecule has 0 aromatic heterocycles. The minimum atomic E-state index is -0.442. The zero-order valence-corrected chi connectivity index (χ0v) is 13.7. The molecule has 0 unspecified atom stereocenters. The van der Waals surface area contributed by atoms with Gasteiger partial charge < -0.3 is 10.2 Å². The lowest BCUT2D eigenvalue weighted by Gasteiger charge is -2.22. The smallest absolute Gasteiger partial charge is 0.244 e. The summed E-state index contributed by atoms with van der Waals surface area (Å²) < 4.78 is 12.9. The molecule has 2 aromatic carbocycles. The summed E-state index contributed by atoms with van der Waals surface area (Å²) in [5, 5.41) is 3.29. The van der Waals surface area contributed by atoms with Crippen molar-refractivity contribution < 1.29 is 14.0 Å². The predicted molar refractivity (Wildman–Crippen MR) is 89.5 cm³/mol. The van der Waals surface area contributed by atoms with E-state index in [0.29, 0.717) is 21.4 Å². The van der Waals surface area contributed by atoms with E-state index in [9.17, 15) is 14.0 Å². The van der Waals surface area contributed by atoms with Crippen molar-refractivity contribution in [3.63, 3.8) is 0 Å². The molecule has 2 rings (SSSR count). The van der Waals surface area contributed by atoms with Crippen LogP contribution >= 0.6 is 23.2 Å². The van der Waals surface area contributed by atoms with E-state index < -0.39 is 11.7 Å². The Kier molecular flexibility index (Phi) is 5.58. The summed E-state index contributed by atoms with van der Waals surface area (Å²) in [6.45, 7) is 1.08. The summed E-state index contributed by atoms with van der Waals surface area (Å²) in [4.78, 5) is 25.2. The zero-order chi connectivity index (χ0) is 17.0. The SMILES string of the molecule is CC(=O)N(CC(=O)Nc1ccc(F)cc1)c1cc(Cl)ccc1Cl. The third kappa shape index (κ3) is 4.68. The van der Waals surface area contributed by atoms with Gasteiger partial charge in [-0.1, -0.05) is 23.2 Å². The summed E-state index contributed by atoms with van der Waals surface area (Å²) in [5.41, 5.74) is 0.776. The van der Waals surface area contributed by atoms with Crippen LogP contribution < -0.4 is 10.2 Å². The van der Waals surface area contributed by atoms with E-state index >= 15 is 0 Å². The van der Waals surface area contributed by atoms with Crippen LogP contribution in [-0.4, -0.2) is 18.4 Å². The van der Waals surface area contributed by atoms with Gasteiger partial charge in [-0.05, 0) is 42.5 Å². The highest BCUT2D eigenvalue weighted by atomic mass is 35.5. The maximum absolute atomic E-state index is 12.9. The third-order valence-corrected chi connectivity index (χ3v) is 3.56. The number of benzene rings is 2. The average molecular weight is 355 g/mol. The molecule has 4 nitrogen and oxygen atoms in total. The van der Waals surface area contributed by atoms with Crippen LogP contribution in [0.25, 0.3) is 0 Å². The second kappa shape index (κ2) is 7.44. The molecule has 2 amide bonds. The van der Waals surface area contributed by atoms with Gasteiger partial charge in [-0.25, -0.2) is 4.39 Å². The fraction of sp³-hybridized carbons (Fsp3) is 0.125. The van der Waals surface area contributed by atoms with E-state index in [4.69, 9.17) is 23.2 Å². The molecule has 7 heteroatoms. The Morgan fingerprint density at radius 1 is 1.13 bits per heavy atom. The van der Waals surface area contributed by atoms with Crippen molar-refractivity contribution in [2.75, 3.05) is 16.8 Å². The molecule has 0 atom stereocenters. The molecule has 0 spiro atoms. The molecule has 0 bridgehead atoms. The number of hydrogen-bond acceptors (Lipinski definition) is 2. The number of halogens is 3. The van der Waals surface area contributed by atoms with Crippen molar-refractivity contribution in [1.82, 2.24) is 0 Å². The Morgan fingerprint density at radius 3 is 2.39 bits per heavy atom. The minimum Gasteiger partial charge on any atom is -0.325 e. The summed E-state index contributed by atoms with van der Waals surface area (Å²) in [5.74, 6) is -1.20. The normalized spacial score (nSPS) is 10.3. The van der Waals surface area contributed by atoms with E-state index in [0.717, 1.165) is 0 Å². The maximum atomic E-state index is 12.9. The molecule has 0 fully saturated rings. The molecule has 1 N–H and O–H groups in total. The van der Waals surface area contributed by atoms with Gasteiger partial charge in [0.25, 0.3) is 0 Å². The summed E-state index contributed by atoms with van der Waals surface area (Å²) >= 11 is 12.0. The fourth-order valence-electron chi connectivity index (χ4n) is 1.94. The lowest BCUT2D eigenvalue weighted by molar-refractivity contribution is -0.120. The van der Waals surface area contributed by atoms with Gasteiger partial charge in [-0.3, -0.25) is 9.59 Å². The minimum absolute atomic E-state index is 0.243. The average Bonchev–Trinajstić information content (AvgIpc) is 2.49. The van der Waals surface area contributed by atoms with Crippen LogP contribution in [0.15, 0.2) is 42.5 Å². The molecule has 0 aliphatic heterocycles. The standard InChI is InChI=1S/C16H13Cl2FN2O2/c1-10(22)21(15-8-11(17)2-7-14(15)18)9-16(23)20-13-5-3-12(19)4-6-13/h2-8H,9H2,1H3,(H,20,23). The number of nitrogens with one attached hydrogen (secondary N) is 1. The Hall–Kier alpha value is -2.11. The molecular formula is C16H13Cl2FN2O2. The van der Waals surface area contributed by atoms with E-state index in [-0.39, 0.29) is 12.5 Å². The topological polar surface area (TPSA) is 49.4 Å². The van der Waals surface area contributed by atoms with Gasteiger partial charge >= 0.3 is 0 Å². The van der Waals surface area contributed by atoms with Gasteiger partial charge in [0, 0.05) is 17.6 Å². The molecule has 0 heterocycles. The van der Waals surface area contributed by atoms with Crippen LogP contribution in [0.1, 0.15) is 6.92 Å². The first kappa shape index (κ1) is 17.2. The van der Waals surface area contributed by atoms with E-state index in [1.54, 1.807) is 12.1 Å². The van der Waals surface area contributed by atoms with Crippen molar-refractivity contribution in [3.05, 3.63) is 58.3 Å². The van der Waals surface area contributed by atoms with E-state index in [2.05, 4.69) is 5.32 Å². The number of hydrogen-bond donors (Lipinski definition) is 1. The van der Waals surface area contributed by atoms with E-state index in [1.807, 2.05) is 0 Å². The largest absolute Gasteiger partial charge is 0.325 e. The molecule has 23 heavy (non-hydrogen) atoms. The number of carbonyl (C=O) groups excluding carboxylic acids is 2. The van der Waals surface area contributed by atoms with Crippen LogP contribution in [0, 0.1) is 5.82 Å². The van der Waals surface area contributed by atoms with Gasteiger partial charge in [0.2, 0.25) is 11.8 Å². The first-order chi connectivity index (χ1) is 10.9. The van der Waals surface area contributed by atoms with Gasteiger partial charge in [0.05, 0.1) is 10.7 Å². The van der Waals surface area contributed by atoms with E-state index in [1.165, 1.54) is 42.2 Å². The highest BCUT2D eigenvalue weighted by Gasteiger charge is 2.19. The Morgan fingerprint density at radius 2 is 1.78 bits per heavy atom. The lowest BCUT2D eigenvalue weighted by atomic mass is 10.2. The van der Waals surface area contributed by atoms with Crippen molar-refractivity contribution in [3.8, 4) is 0 Å². The monoisotopic (exact) mass is 354 g/mol. The van der Waals surface area contributed by atoms with Gasteiger partial charge in [0.1, 0.15) is 12.4 Å². The molecule has 0 saturated heterocycles. The Labute approximate surface area is 142 Å². The number of anilines is 2. The summed E-state index contributed by atoms with van der Waals surface area (Å²) in [7, 11) is 0. The number of amides is 2. The highest BCUT2D eigenvalue weighted by molar-refractivity contribution is 6.35. The van der Waals surface area contributed by atoms with Crippen molar-refractivity contribution >= 4 is 46.4 Å². The molecule has 0 aliphatic carbocycles. The molecule has 0 aliphatic rings. The fourth-order valence-corrected chi connectivity index (χ4v) is 2.32. The van der Waals surface area contributed by atoms with Crippen molar-refractivity contribution in [2.24, 2.45) is 0 Å². The predicted octanol–water partition coefficient (Wildman–Crippen LogP) is 4.12. The molecule has 0 saturated carbocycles. The quantitative estimate of drug-likeness (QED) is 0.897. The third-order valence-electron chi connectivity index (χ3n) is 3.01. The van der Waals surface area contributed by atoms with Crippen LogP contribution in [0.5, 0.6) is 0 Å². The first-order valence-corrected chi connectivity index (χ1v) is 7.41. The van der Waals surface area contributed by atoms with Gasteiger partial charge in [-0.2, -0.15) is 0 Å². The molecule has 2 aromatic rings. The molecule has 120 valence electrons. The summed E-state index contributed by atoms with van der Waals surface area (Å²) in [6.07, 6.45) is 0. The van der Waals surface area contributed by atoms with Crippen LogP contribution in [0.3, 0.4) is 0 Å². The maximum Gasteiger partial charge on any atom is 0.244 e. The van der Waals surface area contributed by atoms with Crippen molar-refractivity contribution in [2.45, 2.75) is 6.92 Å². The van der Waals surface area contributed by atoms with Crippen LogP contribution in [0.4, 0.5) is 15.8 Å². The summed E-state index contributed by atoms with van der Waals surface area (Å²) in [6, 6.07) is 9.96. The molecular weight excluding hydrogens is 342 g/mol. The first-order valence-electron chi connectivity index (χ1n) is 6.65. The lowest BCUT2D eigenvalue weighted by Crippen LogP contribution is -2.36. The molecule has 0 radical (unpaired) electrons. The second-order valence-electron chi connectivity index (χ2n) is 4.76. The van der Waals surface area contributed by atoms with Crippen LogP contribution in [-0.2, 0) is 9.59 Å². The Bertz CT molecular complexity index is 735. The zero-order valence-electron chi connectivity index (χ0n) is 12.1. The number of nitrogens with zero attached hydrogens (tertiary/aromatic N) is 1. The van der Waals surface area contributed by atoms with Crippen molar-refractivity contribution in [1.29, 1.82) is 0 Å². The van der Waals surface area contributed by atoms with Gasteiger partial charge in [-0.15, -0.1) is 0 Å². The Balaban J connectivity index is 2.16. The highest BCUT2D eigenvalue weighted by Crippen LogP contribution is 2.29. The van der Waals surface area contributed by atoms with Gasteiger partial charge in [0.15, 0.2) is 0 Å². The number of carbonyl (C=O) groups is 2. The number of rotatable bonds is 4.